The van der Waals surface area contributed by atoms with Gasteiger partial charge in [-0.15, -0.1) is 0 Å². The van der Waals surface area contributed by atoms with Crippen LogP contribution in [0, 0.1) is 6.92 Å². The molecule has 1 N–H and O–H groups in total. The molecule has 7 rings (SSSR count). The molecule has 11 heteroatoms. The molecule has 1 aromatic carbocycles. The molecule has 5 aromatic rings. The number of ether oxygens (including phenoxy) is 2. The van der Waals surface area contributed by atoms with Crippen LogP contribution in [0.15, 0.2) is 74.0 Å². The average Bonchev–Trinajstić information content (AvgIpc) is 3.40. The summed E-state index contributed by atoms with van der Waals surface area (Å²) in [4.78, 5) is 34.5. The number of hydrogen-bond donors (Lipinski definition) is 1. The van der Waals surface area contributed by atoms with Gasteiger partial charge in [-0.3, -0.25) is 4.79 Å². The minimum atomic E-state index is -0.0829. The van der Waals surface area contributed by atoms with Crippen molar-refractivity contribution in [3.8, 4) is 17.2 Å². The Bertz CT molecular complexity index is 1780. The van der Waals surface area contributed by atoms with Gasteiger partial charge in [0.2, 0.25) is 5.91 Å². The molecule has 1 saturated heterocycles. The van der Waals surface area contributed by atoms with Crippen LogP contribution < -0.4 is 19.7 Å². The molecule has 0 radical (unpaired) electrons. The standard InChI is InChI=1S/C29H26N8O3/c1-3-26(38)37-11-10-36-15-20(37)16-39-24-14-22-27(34-29(24)36)28(32-17-31-22)33-19-4-5-23(18(2)12-19)40-21-6-8-35-9-7-30-25(35)13-21/h3-9,12-14,17,20H,1,10-11,15-16H2,2H3,(H,31,32,33)/t20-/m1/s1. The van der Waals surface area contributed by atoms with Crippen molar-refractivity contribution in [2.45, 2.75) is 13.0 Å². The fourth-order valence-electron chi connectivity index (χ4n) is 5.23. The molecule has 40 heavy (non-hydrogen) atoms. The first-order chi connectivity index (χ1) is 19.6. The van der Waals surface area contributed by atoms with E-state index in [2.05, 4.69) is 31.7 Å². The lowest BCUT2D eigenvalue weighted by molar-refractivity contribution is -0.129. The fraction of sp³-hybridized carbons (Fsp3) is 0.207. The molecule has 2 aliphatic rings. The molecule has 1 fully saturated rings. The first-order valence-electron chi connectivity index (χ1n) is 13.0. The second-order valence-electron chi connectivity index (χ2n) is 9.81. The molecule has 4 aromatic heterocycles. The monoisotopic (exact) mass is 534 g/mol. The van der Waals surface area contributed by atoms with Crippen molar-refractivity contribution in [1.29, 1.82) is 0 Å². The highest BCUT2D eigenvalue weighted by atomic mass is 16.5. The summed E-state index contributed by atoms with van der Waals surface area (Å²) >= 11 is 0. The Morgan fingerprint density at radius 2 is 2.08 bits per heavy atom. The van der Waals surface area contributed by atoms with Crippen LogP contribution in [0.1, 0.15) is 5.56 Å². The number of aryl methyl sites for hydroxylation is 1. The number of carbonyl (C=O) groups is 1. The summed E-state index contributed by atoms with van der Waals surface area (Å²) in [7, 11) is 0. The Morgan fingerprint density at radius 1 is 1.15 bits per heavy atom. The first kappa shape index (κ1) is 23.9. The molecule has 0 spiro atoms. The zero-order valence-electron chi connectivity index (χ0n) is 21.8. The van der Waals surface area contributed by atoms with E-state index in [1.54, 1.807) is 6.20 Å². The van der Waals surface area contributed by atoms with Crippen LogP contribution in [0.4, 0.5) is 17.3 Å². The maximum absolute atomic E-state index is 12.3. The highest BCUT2D eigenvalue weighted by Gasteiger charge is 2.34. The minimum Gasteiger partial charge on any atom is -0.487 e. The topological polar surface area (TPSA) is 110 Å². The van der Waals surface area contributed by atoms with Crippen LogP contribution in [0.5, 0.6) is 17.2 Å². The molecule has 1 atom stereocenters. The third-order valence-corrected chi connectivity index (χ3v) is 7.26. The summed E-state index contributed by atoms with van der Waals surface area (Å²) in [5, 5.41) is 3.40. The number of piperazine rings is 1. The van der Waals surface area contributed by atoms with Crippen LogP contribution in [0.25, 0.3) is 16.7 Å². The summed E-state index contributed by atoms with van der Waals surface area (Å²) in [6.45, 7) is 7.88. The third kappa shape index (κ3) is 4.21. The Morgan fingerprint density at radius 3 is 2.95 bits per heavy atom. The lowest BCUT2D eigenvalue weighted by atomic mass is 10.1. The molecular formula is C29H26N8O3. The van der Waals surface area contributed by atoms with Crippen LogP contribution in [-0.4, -0.2) is 67.4 Å². The third-order valence-electron chi connectivity index (χ3n) is 7.26. The number of pyridine rings is 2. The Balaban J connectivity index is 1.15. The van der Waals surface area contributed by atoms with Crippen molar-refractivity contribution >= 4 is 39.9 Å². The fourth-order valence-corrected chi connectivity index (χ4v) is 5.23. The number of nitrogens with one attached hydrogen (secondary N) is 1. The second-order valence-corrected chi connectivity index (χ2v) is 9.81. The second kappa shape index (κ2) is 9.53. The number of imidazole rings is 1. The van der Waals surface area contributed by atoms with E-state index < -0.39 is 0 Å². The predicted octanol–water partition coefficient (Wildman–Crippen LogP) is 4.11. The number of aromatic nitrogens is 5. The number of nitrogens with zero attached hydrogens (tertiary/aromatic N) is 7. The van der Waals surface area contributed by atoms with Gasteiger partial charge in [0, 0.05) is 56.0 Å². The molecule has 1 amide bonds. The highest BCUT2D eigenvalue weighted by molar-refractivity contribution is 5.90. The van der Waals surface area contributed by atoms with Crippen molar-refractivity contribution in [3.05, 3.63) is 79.5 Å². The lowest BCUT2D eigenvalue weighted by Gasteiger charge is -2.39. The van der Waals surface area contributed by atoms with Gasteiger partial charge >= 0.3 is 0 Å². The van der Waals surface area contributed by atoms with Gasteiger partial charge in [-0.05, 0) is 42.8 Å². The van der Waals surface area contributed by atoms with E-state index in [9.17, 15) is 4.79 Å². The molecule has 0 saturated carbocycles. The highest BCUT2D eigenvalue weighted by Crippen LogP contribution is 2.36. The van der Waals surface area contributed by atoms with Crippen molar-refractivity contribution in [3.63, 3.8) is 0 Å². The normalized spacial score (nSPS) is 16.3. The van der Waals surface area contributed by atoms with Gasteiger partial charge in [-0.25, -0.2) is 19.9 Å². The van der Waals surface area contributed by atoms with Crippen LogP contribution >= 0.6 is 0 Å². The van der Waals surface area contributed by atoms with Gasteiger partial charge in [0.15, 0.2) is 17.4 Å². The smallest absolute Gasteiger partial charge is 0.246 e. The van der Waals surface area contributed by atoms with Crippen LogP contribution in [0.3, 0.4) is 0 Å². The van der Waals surface area contributed by atoms with Gasteiger partial charge in [0.05, 0.1) is 11.6 Å². The Hall–Kier alpha value is -5.19. The van der Waals surface area contributed by atoms with Gasteiger partial charge in [0.1, 0.15) is 35.6 Å². The summed E-state index contributed by atoms with van der Waals surface area (Å²) in [6, 6.07) is 11.5. The number of anilines is 3. The van der Waals surface area contributed by atoms with E-state index in [1.165, 1.54) is 12.4 Å². The molecule has 0 aliphatic carbocycles. The van der Waals surface area contributed by atoms with Crippen molar-refractivity contribution in [2.75, 3.05) is 36.5 Å². The Kier molecular flexibility index (Phi) is 5.69. The number of amides is 1. The zero-order chi connectivity index (χ0) is 27.2. The minimum absolute atomic E-state index is 0.0782. The molecular weight excluding hydrogens is 508 g/mol. The van der Waals surface area contributed by atoms with E-state index in [-0.39, 0.29) is 11.9 Å². The van der Waals surface area contributed by atoms with E-state index >= 15 is 0 Å². The molecule has 2 bridgehead atoms. The maximum Gasteiger partial charge on any atom is 0.246 e. The van der Waals surface area contributed by atoms with E-state index in [1.807, 2.05) is 65.0 Å². The average molecular weight is 535 g/mol. The molecule has 6 heterocycles. The van der Waals surface area contributed by atoms with Crippen molar-refractivity contribution < 1.29 is 14.3 Å². The SMILES string of the molecule is C=CC(=O)N1CCN2C[C@@H]1COc1cc3ncnc(Nc4ccc(Oc5ccn6ccnc6c5)c(C)c4)c3nc12. The number of benzene rings is 1. The van der Waals surface area contributed by atoms with Gasteiger partial charge in [-0.1, -0.05) is 6.58 Å². The molecule has 2 aliphatic heterocycles. The van der Waals surface area contributed by atoms with Gasteiger partial charge in [0.25, 0.3) is 0 Å². The van der Waals surface area contributed by atoms with Crippen molar-refractivity contribution in [1.82, 2.24) is 29.2 Å². The largest absolute Gasteiger partial charge is 0.487 e. The summed E-state index contributed by atoms with van der Waals surface area (Å²) < 4.78 is 14.2. The molecule has 11 nitrogen and oxygen atoms in total. The number of fused-ring (bicyclic) bond motifs is 6. The molecule has 0 unspecified atom stereocenters. The quantitative estimate of drug-likeness (QED) is 0.333. The number of carbonyl (C=O) groups excluding carboxylic acids is 1. The lowest BCUT2D eigenvalue weighted by Crippen LogP contribution is -2.56. The summed E-state index contributed by atoms with van der Waals surface area (Å²) in [6.07, 6.45) is 8.43. The zero-order valence-corrected chi connectivity index (χ0v) is 21.8. The van der Waals surface area contributed by atoms with E-state index in [0.717, 1.165) is 28.5 Å². The summed E-state index contributed by atoms with van der Waals surface area (Å²) in [5.41, 5.74) is 3.93. The van der Waals surface area contributed by atoms with Gasteiger partial charge in [-0.2, -0.15) is 0 Å². The maximum atomic E-state index is 12.3. The predicted molar refractivity (Wildman–Crippen MR) is 150 cm³/mol. The first-order valence-corrected chi connectivity index (χ1v) is 13.0. The number of rotatable bonds is 5. The van der Waals surface area contributed by atoms with E-state index in [4.69, 9.17) is 14.5 Å². The molecule has 200 valence electrons. The van der Waals surface area contributed by atoms with Crippen LogP contribution in [0.2, 0.25) is 0 Å². The Labute approximate surface area is 229 Å². The van der Waals surface area contributed by atoms with Gasteiger partial charge < -0.3 is 29.0 Å². The summed E-state index contributed by atoms with van der Waals surface area (Å²) in [5.74, 6) is 3.35. The van der Waals surface area contributed by atoms with Crippen LogP contribution in [-0.2, 0) is 4.79 Å². The van der Waals surface area contributed by atoms with E-state index in [0.29, 0.717) is 54.6 Å². The number of hydrogen-bond acceptors (Lipinski definition) is 9. The van der Waals surface area contributed by atoms with Crippen molar-refractivity contribution in [2.24, 2.45) is 0 Å².